The second kappa shape index (κ2) is 6.13. The van der Waals surface area contributed by atoms with E-state index in [0.29, 0.717) is 12.3 Å². The van der Waals surface area contributed by atoms with Gasteiger partial charge in [0, 0.05) is 0 Å². The van der Waals surface area contributed by atoms with Gasteiger partial charge in [0.15, 0.2) is 11.5 Å². The molecule has 2 atom stereocenters. The monoisotopic (exact) mass is 278 g/mol. The van der Waals surface area contributed by atoms with E-state index in [0.717, 1.165) is 17.1 Å². The van der Waals surface area contributed by atoms with Crippen LogP contribution in [0.15, 0.2) is 18.2 Å². The van der Waals surface area contributed by atoms with Crippen molar-refractivity contribution in [2.45, 2.75) is 39.3 Å². The number of hydrogen-bond donors (Lipinski definition) is 2. The first-order valence-electron chi connectivity index (χ1n) is 6.93. The third-order valence-corrected chi connectivity index (χ3v) is 3.32. The molecule has 0 saturated carbocycles. The lowest BCUT2D eigenvalue weighted by atomic mass is 10.0. The number of amides is 1. The van der Waals surface area contributed by atoms with Gasteiger partial charge in [0.1, 0.15) is 0 Å². The van der Waals surface area contributed by atoms with Crippen molar-refractivity contribution in [3.8, 4) is 11.5 Å². The molecule has 5 heteroatoms. The molecule has 1 amide bonds. The maximum atomic E-state index is 12.0. The number of nitrogens with two attached hydrogens (primary N) is 1. The Balaban J connectivity index is 1.97. The molecule has 0 fully saturated rings. The van der Waals surface area contributed by atoms with Crippen molar-refractivity contribution in [2.75, 3.05) is 6.79 Å². The minimum atomic E-state index is -0.466. The van der Waals surface area contributed by atoms with Crippen molar-refractivity contribution in [1.82, 2.24) is 5.32 Å². The highest BCUT2D eigenvalue weighted by atomic mass is 16.7. The predicted molar refractivity (Wildman–Crippen MR) is 76.6 cm³/mol. The van der Waals surface area contributed by atoms with E-state index in [1.165, 1.54) is 0 Å². The quantitative estimate of drug-likeness (QED) is 0.863. The van der Waals surface area contributed by atoms with Crippen molar-refractivity contribution >= 4 is 5.91 Å². The van der Waals surface area contributed by atoms with Gasteiger partial charge >= 0.3 is 0 Å². The van der Waals surface area contributed by atoms with Gasteiger partial charge in [0.2, 0.25) is 12.7 Å². The minimum absolute atomic E-state index is 0.116. The summed E-state index contributed by atoms with van der Waals surface area (Å²) in [7, 11) is 0. The molecule has 1 heterocycles. The number of benzene rings is 1. The van der Waals surface area contributed by atoms with Gasteiger partial charge in [-0.05, 0) is 37.0 Å². The van der Waals surface area contributed by atoms with E-state index in [1.54, 1.807) is 0 Å². The minimum Gasteiger partial charge on any atom is -0.454 e. The Morgan fingerprint density at radius 3 is 2.70 bits per heavy atom. The van der Waals surface area contributed by atoms with E-state index in [1.807, 2.05) is 25.1 Å². The second-order valence-electron chi connectivity index (χ2n) is 5.58. The van der Waals surface area contributed by atoms with Gasteiger partial charge in [-0.2, -0.15) is 0 Å². The fraction of sp³-hybridized carbons (Fsp3) is 0.533. The summed E-state index contributed by atoms with van der Waals surface area (Å²) in [5.41, 5.74) is 6.85. The Bertz CT molecular complexity index is 488. The lowest BCUT2D eigenvalue weighted by Crippen LogP contribution is -2.42. The predicted octanol–water partition coefficient (Wildman–Crippen LogP) is 1.97. The van der Waals surface area contributed by atoms with E-state index < -0.39 is 6.04 Å². The largest absolute Gasteiger partial charge is 0.454 e. The summed E-state index contributed by atoms with van der Waals surface area (Å²) in [6, 6.07) is 5.09. The Morgan fingerprint density at radius 2 is 2.00 bits per heavy atom. The van der Waals surface area contributed by atoms with Crippen molar-refractivity contribution in [3.05, 3.63) is 23.8 Å². The number of nitrogens with one attached hydrogen (secondary N) is 1. The maximum Gasteiger partial charge on any atom is 0.237 e. The SMILES string of the molecule is CC(C)C[C@@H](N)C(=O)NC(C)c1ccc2c(c1)OCO2. The van der Waals surface area contributed by atoms with E-state index in [2.05, 4.69) is 19.2 Å². The molecule has 1 aliphatic rings. The normalized spacial score (nSPS) is 16.1. The molecule has 1 unspecified atom stereocenters. The third kappa shape index (κ3) is 3.42. The van der Waals surface area contributed by atoms with Crippen LogP contribution in [0.2, 0.25) is 0 Å². The van der Waals surface area contributed by atoms with E-state index in [4.69, 9.17) is 15.2 Å². The Morgan fingerprint density at radius 1 is 1.30 bits per heavy atom. The zero-order valence-corrected chi connectivity index (χ0v) is 12.2. The molecule has 1 aliphatic heterocycles. The van der Waals surface area contributed by atoms with Crippen LogP contribution in [0.1, 0.15) is 38.8 Å². The van der Waals surface area contributed by atoms with Crippen LogP contribution < -0.4 is 20.5 Å². The molecule has 3 N–H and O–H groups in total. The van der Waals surface area contributed by atoms with E-state index in [-0.39, 0.29) is 18.7 Å². The van der Waals surface area contributed by atoms with Crippen LogP contribution in [0.3, 0.4) is 0 Å². The first-order chi connectivity index (χ1) is 9.47. The smallest absolute Gasteiger partial charge is 0.237 e. The average Bonchev–Trinajstić information content (AvgIpc) is 2.84. The van der Waals surface area contributed by atoms with Gasteiger partial charge in [-0.3, -0.25) is 4.79 Å². The Kier molecular flexibility index (Phi) is 4.49. The number of carbonyl (C=O) groups is 1. The number of rotatable bonds is 5. The zero-order valence-electron chi connectivity index (χ0n) is 12.2. The van der Waals surface area contributed by atoms with Crippen molar-refractivity contribution in [1.29, 1.82) is 0 Å². The lowest BCUT2D eigenvalue weighted by Gasteiger charge is -2.19. The Hall–Kier alpha value is -1.75. The molecule has 20 heavy (non-hydrogen) atoms. The highest BCUT2D eigenvalue weighted by molar-refractivity contribution is 5.81. The summed E-state index contributed by atoms with van der Waals surface area (Å²) < 4.78 is 10.6. The van der Waals surface area contributed by atoms with Gasteiger partial charge in [-0.15, -0.1) is 0 Å². The standard InChI is InChI=1S/C15H22N2O3/c1-9(2)6-12(16)15(18)17-10(3)11-4-5-13-14(7-11)20-8-19-13/h4-5,7,9-10,12H,6,8,16H2,1-3H3,(H,17,18)/t10?,12-/m1/s1. The molecular weight excluding hydrogens is 256 g/mol. The molecular formula is C15H22N2O3. The third-order valence-electron chi connectivity index (χ3n) is 3.32. The van der Waals surface area contributed by atoms with Crippen LogP contribution in [0.25, 0.3) is 0 Å². The van der Waals surface area contributed by atoms with Crippen LogP contribution in [0, 0.1) is 5.92 Å². The maximum absolute atomic E-state index is 12.0. The molecule has 0 spiro atoms. The van der Waals surface area contributed by atoms with Gasteiger partial charge < -0.3 is 20.5 Å². The topological polar surface area (TPSA) is 73.6 Å². The van der Waals surface area contributed by atoms with Crippen LogP contribution in [-0.4, -0.2) is 18.7 Å². The number of carbonyl (C=O) groups excluding carboxylic acids is 1. The molecule has 1 aromatic carbocycles. The summed E-state index contributed by atoms with van der Waals surface area (Å²) in [5.74, 6) is 1.74. The molecule has 0 aliphatic carbocycles. The highest BCUT2D eigenvalue weighted by Crippen LogP contribution is 2.34. The first-order valence-corrected chi connectivity index (χ1v) is 6.93. The van der Waals surface area contributed by atoms with Crippen LogP contribution >= 0.6 is 0 Å². The summed E-state index contributed by atoms with van der Waals surface area (Å²) in [4.78, 5) is 12.0. The van der Waals surface area contributed by atoms with Crippen molar-refractivity contribution < 1.29 is 14.3 Å². The lowest BCUT2D eigenvalue weighted by molar-refractivity contribution is -0.123. The van der Waals surface area contributed by atoms with E-state index >= 15 is 0 Å². The van der Waals surface area contributed by atoms with Gasteiger partial charge in [0.05, 0.1) is 12.1 Å². The fourth-order valence-corrected chi connectivity index (χ4v) is 2.20. The summed E-state index contributed by atoms with van der Waals surface area (Å²) in [6.45, 7) is 6.28. The molecule has 1 aromatic rings. The fourth-order valence-electron chi connectivity index (χ4n) is 2.20. The molecule has 0 saturated heterocycles. The van der Waals surface area contributed by atoms with Crippen LogP contribution in [0.4, 0.5) is 0 Å². The summed E-state index contributed by atoms with van der Waals surface area (Å²) in [5, 5.41) is 2.93. The number of hydrogen-bond acceptors (Lipinski definition) is 4. The van der Waals surface area contributed by atoms with Gasteiger partial charge in [-0.25, -0.2) is 0 Å². The molecule has 0 bridgehead atoms. The molecule has 2 rings (SSSR count). The van der Waals surface area contributed by atoms with Crippen molar-refractivity contribution in [2.24, 2.45) is 11.7 Å². The average molecular weight is 278 g/mol. The molecule has 0 radical (unpaired) electrons. The second-order valence-corrected chi connectivity index (χ2v) is 5.58. The van der Waals surface area contributed by atoms with Gasteiger partial charge in [-0.1, -0.05) is 19.9 Å². The zero-order chi connectivity index (χ0) is 14.7. The number of fused-ring (bicyclic) bond motifs is 1. The number of ether oxygens (including phenoxy) is 2. The summed E-state index contributed by atoms with van der Waals surface area (Å²) >= 11 is 0. The molecule has 5 nitrogen and oxygen atoms in total. The first kappa shape index (κ1) is 14.7. The summed E-state index contributed by atoms with van der Waals surface area (Å²) in [6.07, 6.45) is 0.680. The van der Waals surface area contributed by atoms with Gasteiger partial charge in [0.25, 0.3) is 0 Å². The van der Waals surface area contributed by atoms with Crippen LogP contribution in [0.5, 0.6) is 11.5 Å². The molecule has 0 aromatic heterocycles. The molecule has 110 valence electrons. The highest BCUT2D eigenvalue weighted by Gasteiger charge is 2.20. The van der Waals surface area contributed by atoms with Crippen LogP contribution in [-0.2, 0) is 4.79 Å². The van der Waals surface area contributed by atoms with Crippen molar-refractivity contribution in [3.63, 3.8) is 0 Å². The van der Waals surface area contributed by atoms with E-state index in [9.17, 15) is 4.79 Å². The Labute approximate surface area is 119 Å².